The third kappa shape index (κ3) is 10.3. The van der Waals surface area contributed by atoms with Crippen LogP contribution in [0.4, 0.5) is 34.5 Å². The quantitative estimate of drug-likeness (QED) is 0.0792. The summed E-state index contributed by atoms with van der Waals surface area (Å²) in [5, 5.41) is 13.7. The van der Waals surface area contributed by atoms with Gasteiger partial charge in [-0.2, -0.15) is 10.1 Å². The number of benzene rings is 3. The number of likely N-dealkylation sites (tertiary alicyclic amines) is 1. The Kier molecular flexibility index (Phi) is 14.7. The molecule has 0 radical (unpaired) electrons. The van der Waals surface area contributed by atoms with E-state index >= 15 is 0 Å². The SMILES string of the molecule is COc1cc(N2CCN(C3CCN(CC4CCN(c5ccc6c(c5)C(=O)N(C5CCC(=O)NC5=O)C6=O)CC4)CC3)CC2)c(-c2cnn(C)c2)cc1Nc1ncc(Cl)c(Nc2ccc3nccnc3c2P(=O)(OC)OC)n1. The Bertz CT molecular complexity index is 3310. The molecule has 3 aromatic carbocycles. The fraction of sp³-hybridized carbons (Fsp3) is 0.415. The molecule has 0 spiro atoms. The van der Waals surface area contributed by atoms with E-state index in [2.05, 4.69) is 61.7 Å². The predicted octanol–water partition coefficient (Wildman–Crippen LogP) is 5.98. The second-order valence-electron chi connectivity index (χ2n) is 20.0. The number of ether oxygens (including phenoxy) is 1. The largest absolute Gasteiger partial charge is 0.494 e. The van der Waals surface area contributed by atoms with Gasteiger partial charge in [-0.1, -0.05) is 11.6 Å². The molecule has 11 rings (SSSR count). The Balaban J connectivity index is 0.706. The molecule has 5 aliphatic rings. The summed E-state index contributed by atoms with van der Waals surface area (Å²) in [5.74, 6) is -0.347. The zero-order valence-electron chi connectivity index (χ0n) is 43.3. The monoisotopic (exact) mass is 1090 g/mol. The van der Waals surface area contributed by atoms with Crippen LogP contribution in [0.5, 0.6) is 5.75 Å². The summed E-state index contributed by atoms with van der Waals surface area (Å²) in [7, 11) is 2.30. The lowest BCUT2D eigenvalue weighted by atomic mass is 9.93. The van der Waals surface area contributed by atoms with Gasteiger partial charge in [-0.25, -0.2) is 4.98 Å². The Morgan fingerprint density at radius 3 is 2.23 bits per heavy atom. The van der Waals surface area contributed by atoms with Crippen LogP contribution < -0.4 is 35.8 Å². The minimum absolute atomic E-state index is 0.0882. The van der Waals surface area contributed by atoms with Crippen molar-refractivity contribution in [3.8, 4) is 16.9 Å². The standard InChI is InChI=1S/C53H60ClN14O8P/c1-63-31-33(28-58-63)37-26-42(60-53-57-29-39(54)49(62-53)59-41-8-7-40-47(56-16-15-55-40)48(41)77(73,75-3)76-4)45(74-2)27-44(37)67-23-21-66(22-24-67)34-13-17-64(18-14-34)30-32-11-19-65(20-12-32)35-5-6-36-38(25-35)52(72)68(51(36)71)43-9-10-46(69)61-50(43)70/h5-8,15-16,25-29,31-32,34,43H,9-14,17-24,30H2,1-4H3,(H,61,69,70)(H2,57,59,60,62). The number of carbonyl (C=O) groups is 4. The number of aromatic nitrogens is 6. The Labute approximate surface area is 449 Å². The number of anilines is 6. The van der Waals surface area contributed by atoms with Crippen LogP contribution in [-0.2, 0) is 30.2 Å². The van der Waals surface area contributed by atoms with Crippen molar-refractivity contribution in [1.29, 1.82) is 0 Å². The highest BCUT2D eigenvalue weighted by Crippen LogP contribution is 2.49. The normalized spacial score (nSPS) is 19.3. The number of amides is 4. The van der Waals surface area contributed by atoms with Crippen LogP contribution in [0.2, 0.25) is 5.02 Å². The minimum Gasteiger partial charge on any atom is -0.494 e. The van der Waals surface area contributed by atoms with Gasteiger partial charge in [-0.3, -0.25) is 53.5 Å². The molecule has 6 aromatic rings. The summed E-state index contributed by atoms with van der Waals surface area (Å²) < 4.78 is 32.6. The summed E-state index contributed by atoms with van der Waals surface area (Å²) in [4.78, 5) is 80.1. The zero-order valence-corrected chi connectivity index (χ0v) is 44.9. The third-order valence-corrected chi connectivity index (χ3v) is 17.8. The van der Waals surface area contributed by atoms with Crippen LogP contribution in [-0.4, -0.2) is 160 Å². The van der Waals surface area contributed by atoms with E-state index in [9.17, 15) is 23.7 Å². The van der Waals surface area contributed by atoms with Gasteiger partial charge >= 0.3 is 7.60 Å². The van der Waals surface area contributed by atoms with Gasteiger partial charge < -0.3 is 39.1 Å². The number of nitrogens with one attached hydrogen (secondary N) is 3. The van der Waals surface area contributed by atoms with Crippen molar-refractivity contribution in [1.82, 2.24) is 49.7 Å². The number of hydrogen-bond donors (Lipinski definition) is 3. The first-order chi connectivity index (χ1) is 37.3. The lowest BCUT2D eigenvalue weighted by Gasteiger charge is -2.44. The topological polar surface area (TPSA) is 235 Å². The molecule has 0 bridgehead atoms. The van der Waals surface area contributed by atoms with Gasteiger partial charge in [0, 0.05) is 127 Å². The van der Waals surface area contributed by atoms with Gasteiger partial charge in [0.1, 0.15) is 27.6 Å². The van der Waals surface area contributed by atoms with Crippen molar-refractivity contribution in [2.45, 2.75) is 50.6 Å². The number of methoxy groups -OCH3 is 1. The minimum atomic E-state index is -3.86. The molecule has 24 heteroatoms. The molecule has 3 aromatic heterocycles. The number of fused-ring (bicyclic) bond motifs is 2. The lowest BCUT2D eigenvalue weighted by molar-refractivity contribution is -0.136. The van der Waals surface area contributed by atoms with Crippen molar-refractivity contribution in [2.24, 2.45) is 13.0 Å². The van der Waals surface area contributed by atoms with Crippen molar-refractivity contribution < 1.29 is 37.5 Å². The highest BCUT2D eigenvalue weighted by Gasteiger charge is 2.45. The van der Waals surface area contributed by atoms with E-state index in [1.54, 1.807) is 42.3 Å². The summed E-state index contributed by atoms with van der Waals surface area (Å²) in [6.07, 6.45) is 12.9. The predicted molar refractivity (Wildman–Crippen MR) is 291 cm³/mol. The molecule has 77 heavy (non-hydrogen) atoms. The maximum atomic E-state index is 13.9. The van der Waals surface area contributed by atoms with Gasteiger partial charge in [-0.15, -0.1) is 0 Å². The summed E-state index contributed by atoms with van der Waals surface area (Å²) in [6, 6.07) is 12.5. The smallest absolute Gasteiger partial charge is 0.365 e. The van der Waals surface area contributed by atoms with Gasteiger partial charge in [0.05, 0.1) is 47.5 Å². The number of carbonyl (C=O) groups excluding carboxylic acids is 4. The highest BCUT2D eigenvalue weighted by molar-refractivity contribution is 7.63. The van der Waals surface area contributed by atoms with Crippen molar-refractivity contribution >= 4 is 93.7 Å². The maximum absolute atomic E-state index is 13.9. The first-order valence-corrected chi connectivity index (χ1v) is 27.8. The molecule has 402 valence electrons. The third-order valence-electron chi connectivity index (χ3n) is 15.6. The van der Waals surface area contributed by atoms with Gasteiger partial charge in [0.25, 0.3) is 11.8 Å². The molecular formula is C53H60ClN14O8P. The first-order valence-electron chi connectivity index (χ1n) is 25.9. The molecule has 8 heterocycles. The van der Waals surface area contributed by atoms with Crippen LogP contribution in [0.15, 0.2) is 73.4 Å². The van der Waals surface area contributed by atoms with Crippen LogP contribution >= 0.6 is 19.2 Å². The molecule has 3 N–H and O–H groups in total. The Hall–Kier alpha value is -7.07. The van der Waals surface area contributed by atoms with Crippen molar-refractivity contribution in [2.75, 3.05) is 101 Å². The average molecular weight is 1090 g/mol. The maximum Gasteiger partial charge on any atom is 0.365 e. The summed E-state index contributed by atoms with van der Waals surface area (Å²) in [5.41, 5.74) is 6.28. The van der Waals surface area contributed by atoms with Gasteiger partial charge in [0.2, 0.25) is 17.8 Å². The second kappa shape index (κ2) is 21.8. The molecule has 0 saturated carbocycles. The van der Waals surface area contributed by atoms with Gasteiger partial charge in [-0.05, 0) is 87.5 Å². The first kappa shape index (κ1) is 52.0. The number of hydrogen-bond acceptors (Lipinski definition) is 19. The number of nitrogens with zero attached hydrogens (tertiary/aromatic N) is 11. The fourth-order valence-electron chi connectivity index (χ4n) is 11.5. The van der Waals surface area contributed by atoms with E-state index in [1.807, 2.05) is 31.6 Å². The Morgan fingerprint density at radius 1 is 0.766 bits per heavy atom. The van der Waals surface area contributed by atoms with Crippen LogP contribution in [0.3, 0.4) is 0 Å². The number of aryl methyl sites for hydroxylation is 1. The van der Waals surface area contributed by atoms with Crippen LogP contribution in [0.25, 0.3) is 22.2 Å². The zero-order chi connectivity index (χ0) is 53.5. The second-order valence-corrected chi connectivity index (χ2v) is 22.6. The molecule has 4 saturated heterocycles. The summed E-state index contributed by atoms with van der Waals surface area (Å²) >= 11 is 6.69. The Morgan fingerprint density at radius 2 is 1.52 bits per heavy atom. The lowest BCUT2D eigenvalue weighted by Crippen LogP contribution is -2.54. The van der Waals surface area contributed by atoms with Crippen molar-refractivity contribution in [3.63, 3.8) is 0 Å². The van der Waals surface area contributed by atoms with Gasteiger partial charge in [0.15, 0.2) is 5.82 Å². The van der Waals surface area contributed by atoms with E-state index in [4.69, 9.17) is 30.4 Å². The number of piperidine rings is 3. The molecule has 4 fully saturated rings. The van der Waals surface area contributed by atoms with E-state index in [-0.39, 0.29) is 34.9 Å². The van der Waals surface area contributed by atoms with E-state index < -0.39 is 37.3 Å². The number of rotatable bonds is 15. The average Bonchev–Trinajstić information content (AvgIpc) is 4.00. The highest BCUT2D eigenvalue weighted by atomic mass is 35.5. The van der Waals surface area contributed by atoms with Crippen LogP contribution in [0.1, 0.15) is 59.2 Å². The fourth-order valence-corrected chi connectivity index (χ4v) is 13.0. The summed E-state index contributed by atoms with van der Waals surface area (Å²) in [6.45, 7) is 8.44. The number of imide groups is 2. The van der Waals surface area contributed by atoms with E-state index in [0.717, 1.165) is 112 Å². The molecule has 1 unspecified atom stereocenters. The van der Waals surface area contributed by atoms with Crippen molar-refractivity contribution in [3.05, 3.63) is 89.6 Å². The number of piperazine rings is 1. The van der Waals surface area contributed by atoms with Crippen LogP contribution in [0, 0.1) is 5.92 Å². The molecule has 22 nitrogen and oxygen atoms in total. The molecule has 5 aliphatic heterocycles. The molecule has 1 atom stereocenters. The number of halogens is 1. The van der Waals surface area contributed by atoms with E-state index in [1.165, 1.54) is 26.6 Å². The van der Waals surface area contributed by atoms with E-state index in [0.29, 0.717) is 51.2 Å². The molecule has 0 aliphatic carbocycles. The molecule has 4 amide bonds. The molecular weight excluding hydrogens is 1030 g/mol.